The number of benzene rings is 2. The summed E-state index contributed by atoms with van der Waals surface area (Å²) >= 11 is 0. The number of hydrogen-bond donors (Lipinski definition) is 3. The Morgan fingerprint density at radius 2 is 1.96 bits per heavy atom. The fraction of sp³-hybridized carbons (Fsp3) is 0.333. The van der Waals surface area contributed by atoms with Crippen LogP contribution >= 0.6 is 0 Å². The molecule has 146 valence electrons. The molecule has 1 amide bonds. The first kappa shape index (κ1) is 18.6. The van der Waals surface area contributed by atoms with Crippen molar-refractivity contribution in [1.29, 1.82) is 0 Å². The molecule has 7 heteroatoms. The minimum Gasteiger partial charge on any atom is -0.440 e. The summed E-state index contributed by atoms with van der Waals surface area (Å²) in [4.78, 5) is 16.6. The number of carbonyl (C=O) groups excluding carboxylic acids is 1. The average molecular weight is 383 g/mol. The van der Waals surface area contributed by atoms with E-state index in [1.807, 2.05) is 18.2 Å². The number of oxazole rings is 1. The maximum atomic E-state index is 14.4. The molecule has 0 atom stereocenters. The predicted molar refractivity (Wildman–Crippen MR) is 104 cm³/mol. The number of piperidine rings is 1. The number of halogens is 1. The number of rotatable bonds is 5. The van der Waals surface area contributed by atoms with Crippen LogP contribution in [0.5, 0.6) is 0 Å². The topological polar surface area (TPSA) is 87.4 Å². The van der Waals surface area contributed by atoms with E-state index in [0.717, 1.165) is 48.5 Å². The molecule has 2 aromatic carbocycles. The van der Waals surface area contributed by atoms with E-state index < -0.39 is 11.7 Å². The van der Waals surface area contributed by atoms with Gasteiger partial charge in [-0.3, -0.25) is 4.79 Å². The van der Waals surface area contributed by atoms with Crippen LogP contribution in [0.2, 0.25) is 0 Å². The number of carbonyl (C=O) groups is 1. The summed E-state index contributed by atoms with van der Waals surface area (Å²) in [5.74, 6) is -0.0674. The molecule has 0 radical (unpaired) electrons. The summed E-state index contributed by atoms with van der Waals surface area (Å²) in [5, 5.41) is 14.6. The molecule has 1 fully saturated rings. The number of aromatic nitrogens is 1. The molecule has 1 aliphatic heterocycles. The minimum absolute atomic E-state index is 0.0482. The van der Waals surface area contributed by atoms with E-state index in [0.29, 0.717) is 11.5 Å². The van der Waals surface area contributed by atoms with Gasteiger partial charge in [0.15, 0.2) is 11.5 Å². The molecule has 0 unspecified atom stereocenters. The highest BCUT2D eigenvalue weighted by Crippen LogP contribution is 2.30. The Bertz CT molecular complexity index is 996. The Morgan fingerprint density at radius 3 is 2.71 bits per heavy atom. The Labute approximate surface area is 161 Å². The van der Waals surface area contributed by atoms with E-state index >= 15 is 0 Å². The van der Waals surface area contributed by atoms with Crippen LogP contribution in [0, 0.1) is 5.82 Å². The van der Waals surface area contributed by atoms with Crippen molar-refractivity contribution in [2.75, 3.05) is 26.2 Å². The summed E-state index contributed by atoms with van der Waals surface area (Å²) in [5.41, 5.74) is 2.88. The Balaban J connectivity index is 1.60. The van der Waals surface area contributed by atoms with Gasteiger partial charge < -0.3 is 20.2 Å². The first-order valence-electron chi connectivity index (χ1n) is 9.46. The molecule has 3 aromatic rings. The van der Waals surface area contributed by atoms with Gasteiger partial charge in [-0.15, -0.1) is 0 Å². The minimum atomic E-state index is -0.608. The molecule has 0 spiro atoms. The summed E-state index contributed by atoms with van der Waals surface area (Å²) in [6.45, 7) is 1.82. The normalized spacial score (nSPS) is 15.1. The SMILES string of the molecule is O=C(NCCO)c1ccc(-c2ccc3oc(C4CCNCC4)nc3c2)cc1F. The Morgan fingerprint density at radius 1 is 1.21 bits per heavy atom. The van der Waals surface area contributed by atoms with E-state index in [9.17, 15) is 9.18 Å². The molecule has 4 rings (SSSR count). The van der Waals surface area contributed by atoms with Gasteiger partial charge in [0, 0.05) is 12.5 Å². The van der Waals surface area contributed by atoms with Crippen LogP contribution in [-0.2, 0) is 0 Å². The molecule has 1 saturated heterocycles. The van der Waals surface area contributed by atoms with Crippen molar-refractivity contribution in [3.8, 4) is 11.1 Å². The van der Waals surface area contributed by atoms with Crippen molar-refractivity contribution < 1.29 is 18.7 Å². The molecule has 1 aliphatic rings. The van der Waals surface area contributed by atoms with Crippen molar-refractivity contribution in [3.05, 3.63) is 53.7 Å². The molecule has 2 heterocycles. The van der Waals surface area contributed by atoms with E-state index in [1.165, 1.54) is 12.1 Å². The lowest BCUT2D eigenvalue weighted by Crippen LogP contribution is -2.27. The average Bonchev–Trinajstić information content (AvgIpc) is 3.16. The Hall–Kier alpha value is -2.77. The lowest BCUT2D eigenvalue weighted by atomic mass is 9.98. The van der Waals surface area contributed by atoms with E-state index in [-0.39, 0.29) is 18.7 Å². The fourth-order valence-corrected chi connectivity index (χ4v) is 3.51. The molecule has 0 bridgehead atoms. The van der Waals surface area contributed by atoms with Crippen LogP contribution in [0.15, 0.2) is 40.8 Å². The van der Waals surface area contributed by atoms with E-state index in [4.69, 9.17) is 9.52 Å². The standard InChI is InChI=1S/C21H22FN3O3/c22-17-11-14(1-3-16(17)20(27)24-9-10-26)15-2-4-19-18(12-15)25-21(28-19)13-5-7-23-8-6-13/h1-4,11-13,23,26H,5-10H2,(H,24,27). The van der Waals surface area contributed by atoms with Crippen molar-refractivity contribution in [1.82, 2.24) is 15.6 Å². The largest absolute Gasteiger partial charge is 0.440 e. The zero-order chi connectivity index (χ0) is 19.5. The van der Waals surface area contributed by atoms with Gasteiger partial charge in [-0.05, 0) is 61.3 Å². The molecule has 3 N–H and O–H groups in total. The predicted octanol–water partition coefficient (Wildman–Crippen LogP) is 2.82. The summed E-state index contributed by atoms with van der Waals surface area (Å²) in [6, 6.07) is 10.1. The van der Waals surface area contributed by atoms with Gasteiger partial charge >= 0.3 is 0 Å². The quantitative estimate of drug-likeness (QED) is 0.631. The number of fused-ring (bicyclic) bond motifs is 1. The second-order valence-corrected chi connectivity index (χ2v) is 6.93. The summed E-state index contributed by atoms with van der Waals surface area (Å²) in [6.07, 6.45) is 2.01. The first-order chi connectivity index (χ1) is 13.7. The summed E-state index contributed by atoms with van der Waals surface area (Å²) in [7, 11) is 0. The number of amides is 1. The third-order valence-corrected chi connectivity index (χ3v) is 5.04. The number of aliphatic hydroxyl groups is 1. The lowest BCUT2D eigenvalue weighted by Gasteiger charge is -2.19. The highest BCUT2D eigenvalue weighted by molar-refractivity contribution is 5.95. The van der Waals surface area contributed by atoms with Crippen molar-refractivity contribution in [2.24, 2.45) is 0 Å². The number of hydrogen-bond acceptors (Lipinski definition) is 5. The molecule has 0 saturated carbocycles. The summed E-state index contributed by atoms with van der Waals surface area (Å²) < 4.78 is 20.3. The number of nitrogens with zero attached hydrogens (tertiary/aromatic N) is 1. The van der Waals surface area contributed by atoms with Crippen LogP contribution < -0.4 is 10.6 Å². The monoisotopic (exact) mass is 383 g/mol. The maximum Gasteiger partial charge on any atom is 0.254 e. The van der Waals surface area contributed by atoms with Crippen molar-refractivity contribution >= 4 is 17.0 Å². The third-order valence-electron chi connectivity index (χ3n) is 5.04. The zero-order valence-corrected chi connectivity index (χ0v) is 15.4. The Kier molecular flexibility index (Phi) is 5.36. The van der Waals surface area contributed by atoms with Crippen LogP contribution in [-0.4, -0.2) is 42.2 Å². The van der Waals surface area contributed by atoms with Gasteiger partial charge in [0.2, 0.25) is 0 Å². The van der Waals surface area contributed by atoms with Gasteiger partial charge in [0.1, 0.15) is 11.3 Å². The first-order valence-corrected chi connectivity index (χ1v) is 9.46. The molecule has 28 heavy (non-hydrogen) atoms. The van der Waals surface area contributed by atoms with Crippen LogP contribution in [0.3, 0.4) is 0 Å². The van der Waals surface area contributed by atoms with Crippen LogP contribution in [0.25, 0.3) is 22.2 Å². The number of nitrogens with one attached hydrogen (secondary N) is 2. The maximum absolute atomic E-state index is 14.4. The molecule has 1 aromatic heterocycles. The van der Waals surface area contributed by atoms with Crippen molar-refractivity contribution in [3.63, 3.8) is 0 Å². The molecular weight excluding hydrogens is 361 g/mol. The van der Waals surface area contributed by atoms with Gasteiger partial charge in [-0.2, -0.15) is 0 Å². The lowest BCUT2D eigenvalue weighted by molar-refractivity contribution is 0.0941. The molecule has 6 nitrogen and oxygen atoms in total. The highest BCUT2D eigenvalue weighted by Gasteiger charge is 2.21. The van der Waals surface area contributed by atoms with Gasteiger partial charge in [0.05, 0.1) is 12.2 Å². The zero-order valence-electron chi connectivity index (χ0n) is 15.4. The molecular formula is C21H22FN3O3. The molecule has 0 aliphatic carbocycles. The van der Waals surface area contributed by atoms with E-state index in [1.54, 1.807) is 6.07 Å². The van der Waals surface area contributed by atoms with Gasteiger partial charge in [0.25, 0.3) is 5.91 Å². The van der Waals surface area contributed by atoms with Gasteiger partial charge in [-0.1, -0.05) is 12.1 Å². The van der Waals surface area contributed by atoms with E-state index in [2.05, 4.69) is 15.6 Å². The second kappa shape index (κ2) is 8.08. The van der Waals surface area contributed by atoms with Crippen LogP contribution in [0.4, 0.5) is 4.39 Å². The second-order valence-electron chi connectivity index (χ2n) is 6.93. The van der Waals surface area contributed by atoms with Crippen LogP contribution in [0.1, 0.15) is 35.0 Å². The fourth-order valence-electron chi connectivity index (χ4n) is 3.51. The van der Waals surface area contributed by atoms with Crippen molar-refractivity contribution in [2.45, 2.75) is 18.8 Å². The van der Waals surface area contributed by atoms with Gasteiger partial charge in [-0.25, -0.2) is 9.37 Å². The highest BCUT2D eigenvalue weighted by atomic mass is 19.1. The number of aliphatic hydroxyl groups excluding tert-OH is 1. The third kappa shape index (κ3) is 3.76. The smallest absolute Gasteiger partial charge is 0.254 e.